The molecule has 2 rings (SSSR count). The summed E-state index contributed by atoms with van der Waals surface area (Å²) in [6.45, 7) is 0. The molecular weight excluding hydrogens is 216 g/mol. The maximum Gasteiger partial charge on any atom is 0.323 e. The Hall–Kier alpha value is -2.24. The van der Waals surface area contributed by atoms with E-state index in [4.69, 9.17) is 10.5 Å². The molecule has 82 valence electrons. The lowest BCUT2D eigenvalue weighted by Crippen LogP contribution is -1.96. The van der Waals surface area contributed by atoms with Crippen LogP contribution in [0.5, 0.6) is 11.8 Å². The molecule has 16 heavy (non-hydrogen) atoms. The van der Waals surface area contributed by atoms with Crippen LogP contribution in [0.3, 0.4) is 0 Å². The third-order valence-corrected chi connectivity index (χ3v) is 1.76. The summed E-state index contributed by atoms with van der Waals surface area (Å²) < 4.78 is 30.5. The second kappa shape index (κ2) is 4.09. The second-order valence-electron chi connectivity index (χ2n) is 2.94. The van der Waals surface area contributed by atoms with Crippen LogP contribution in [0, 0.1) is 11.6 Å². The molecule has 0 fully saturated rings. The highest BCUT2D eigenvalue weighted by Gasteiger charge is 2.05. The summed E-state index contributed by atoms with van der Waals surface area (Å²) in [4.78, 5) is 7.51. The lowest BCUT2D eigenvalue weighted by atomic mass is 10.3. The van der Waals surface area contributed by atoms with Crippen molar-refractivity contribution in [3.63, 3.8) is 0 Å². The number of nitrogen functional groups attached to an aromatic ring is 1. The third-order valence-electron chi connectivity index (χ3n) is 1.76. The minimum atomic E-state index is -0.999. The number of ether oxygens (including phenoxy) is 1. The Morgan fingerprint density at radius 3 is 2.62 bits per heavy atom. The van der Waals surface area contributed by atoms with Gasteiger partial charge in [0.25, 0.3) is 0 Å². The molecule has 1 aromatic carbocycles. The first-order chi connectivity index (χ1) is 7.65. The summed E-state index contributed by atoms with van der Waals surface area (Å²) >= 11 is 0. The number of anilines is 1. The number of aromatic nitrogens is 2. The molecule has 0 aliphatic carbocycles. The Morgan fingerprint density at radius 2 is 1.94 bits per heavy atom. The fraction of sp³-hybridized carbons (Fsp3) is 0. The van der Waals surface area contributed by atoms with E-state index in [9.17, 15) is 8.78 Å². The average molecular weight is 223 g/mol. The second-order valence-corrected chi connectivity index (χ2v) is 2.94. The predicted molar refractivity (Wildman–Crippen MR) is 52.9 cm³/mol. The van der Waals surface area contributed by atoms with Crippen molar-refractivity contribution < 1.29 is 13.5 Å². The van der Waals surface area contributed by atoms with Gasteiger partial charge in [0.05, 0.1) is 0 Å². The van der Waals surface area contributed by atoms with Gasteiger partial charge in [-0.05, 0) is 18.2 Å². The van der Waals surface area contributed by atoms with E-state index in [1.54, 1.807) is 0 Å². The SMILES string of the molecule is Nc1ccnc(Oc2ccc(F)c(F)c2)n1. The van der Waals surface area contributed by atoms with Gasteiger partial charge in [-0.1, -0.05) is 0 Å². The van der Waals surface area contributed by atoms with Crippen molar-refractivity contribution in [3.05, 3.63) is 42.1 Å². The van der Waals surface area contributed by atoms with E-state index in [1.165, 1.54) is 18.3 Å². The van der Waals surface area contributed by atoms with Crippen molar-refractivity contribution in [1.29, 1.82) is 0 Å². The molecule has 0 unspecified atom stereocenters. The largest absolute Gasteiger partial charge is 0.424 e. The summed E-state index contributed by atoms with van der Waals surface area (Å²) in [5.74, 6) is -1.61. The molecule has 0 saturated carbocycles. The number of halogens is 2. The average Bonchev–Trinajstić information content (AvgIpc) is 2.24. The highest BCUT2D eigenvalue weighted by atomic mass is 19.2. The Morgan fingerprint density at radius 1 is 1.12 bits per heavy atom. The molecule has 0 amide bonds. The number of rotatable bonds is 2. The molecule has 0 radical (unpaired) electrons. The smallest absolute Gasteiger partial charge is 0.323 e. The molecule has 2 N–H and O–H groups in total. The van der Waals surface area contributed by atoms with Crippen LogP contribution in [0.1, 0.15) is 0 Å². The van der Waals surface area contributed by atoms with Gasteiger partial charge in [0.2, 0.25) is 0 Å². The van der Waals surface area contributed by atoms with Gasteiger partial charge in [-0.2, -0.15) is 4.98 Å². The van der Waals surface area contributed by atoms with E-state index < -0.39 is 11.6 Å². The summed E-state index contributed by atoms with van der Waals surface area (Å²) in [6.07, 6.45) is 1.40. The van der Waals surface area contributed by atoms with Crippen LogP contribution >= 0.6 is 0 Å². The first-order valence-electron chi connectivity index (χ1n) is 4.36. The van der Waals surface area contributed by atoms with Crippen LogP contribution in [-0.4, -0.2) is 9.97 Å². The first-order valence-corrected chi connectivity index (χ1v) is 4.36. The van der Waals surface area contributed by atoms with Crippen molar-refractivity contribution >= 4 is 5.82 Å². The molecule has 6 heteroatoms. The Labute approximate surface area is 89.7 Å². The number of hydrogen-bond acceptors (Lipinski definition) is 4. The van der Waals surface area contributed by atoms with E-state index in [-0.39, 0.29) is 17.6 Å². The molecule has 4 nitrogen and oxygen atoms in total. The van der Waals surface area contributed by atoms with Crippen LogP contribution in [0.4, 0.5) is 14.6 Å². The molecule has 0 saturated heterocycles. The lowest BCUT2D eigenvalue weighted by Gasteiger charge is -2.03. The summed E-state index contributed by atoms with van der Waals surface area (Å²) in [7, 11) is 0. The highest BCUT2D eigenvalue weighted by molar-refractivity contribution is 5.30. The monoisotopic (exact) mass is 223 g/mol. The molecule has 0 aliphatic rings. The maximum atomic E-state index is 12.8. The molecule has 1 heterocycles. The van der Waals surface area contributed by atoms with Gasteiger partial charge in [-0.25, -0.2) is 13.8 Å². The molecule has 0 atom stereocenters. The third kappa shape index (κ3) is 2.22. The fourth-order valence-corrected chi connectivity index (χ4v) is 1.05. The molecule has 0 aliphatic heterocycles. The van der Waals surface area contributed by atoms with Crippen LogP contribution in [0.15, 0.2) is 30.5 Å². The molecule has 0 spiro atoms. The topological polar surface area (TPSA) is 61.0 Å². The molecule has 1 aromatic heterocycles. The van der Waals surface area contributed by atoms with E-state index in [1.807, 2.05) is 0 Å². The number of nitrogens with two attached hydrogens (primary N) is 1. The fourth-order valence-electron chi connectivity index (χ4n) is 1.05. The minimum Gasteiger partial charge on any atom is -0.424 e. The van der Waals surface area contributed by atoms with Gasteiger partial charge in [-0.3, -0.25) is 0 Å². The predicted octanol–water partition coefficient (Wildman–Crippen LogP) is 2.13. The highest BCUT2D eigenvalue weighted by Crippen LogP contribution is 2.20. The van der Waals surface area contributed by atoms with E-state index in [2.05, 4.69) is 9.97 Å². The van der Waals surface area contributed by atoms with Crippen LogP contribution in [-0.2, 0) is 0 Å². The number of nitrogens with zero attached hydrogens (tertiary/aromatic N) is 2. The maximum absolute atomic E-state index is 12.8. The van der Waals surface area contributed by atoms with Gasteiger partial charge in [0.1, 0.15) is 11.6 Å². The number of benzene rings is 1. The zero-order chi connectivity index (χ0) is 11.5. The zero-order valence-electron chi connectivity index (χ0n) is 8.02. The van der Waals surface area contributed by atoms with Gasteiger partial charge in [-0.15, -0.1) is 0 Å². The van der Waals surface area contributed by atoms with Crippen LogP contribution in [0.2, 0.25) is 0 Å². The van der Waals surface area contributed by atoms with Crippen LogP contribution < -0.4 is 10.5 Å². The van der Waals surface area contributed by atoms with E-state index in [0.29, 0.717) is 0 Å². The van der Waals surface area contributed by atoms with Crippen LogP contribution in [0.25, 0.3) is 0 Å². The van der Waals surface area contributed by atoms with E-state index >= 15 is 0 Å². The van der Waals surface area contributed by atoms with Crippen molar-refractivity contribution in [2.75, 3.05) is 5.73 Å². The molecule has 2 aromatic rings. The quantitative estimate of drug-likeness (QED) is 0.847. The zero-order valence-corrected chi connectivity index (χ0v) is 8.02. The van der Waals surface area contributed by atoms with Crippen molar-refractivity contribution in [2.24, 2.45) is 0 Å². The van der Waals surface area contributed by atoms with Gasteiger partial charge in [0, 0.05) is 12.3 Å². The van der Waals surface area contributed by atoms with Crippen molar-refractivity contribution in [3.8, 4) is 11.8 Å². The normalized spacial score (nSPS) is 10.1. The van der Waals surface area contributed by atoms with Crippen molar-refractivity contribution in [2.45, 2.75) is 0 Å². The summed E-state index contributed by atoms with van der Waals surface area (Å²) in [5, 5.41) is 0. The molecule has 0 bridgehead atoms. The molecular formula is C10H7F2N3O. The first kappa shape index (κ1) is 10.3. The Balaban J connectivity index is 2.24. The summed E-state index contributed by atoms with van der Waals surface area (Å²) in [6, 6.07) is 4.59. The number of hydrogen-bond donors (Lipinski definition) is 1. The Kier molecular flexibility index (Phi) is 2.63. The lowest BCUT2D eigenvalue weighted by molar-refractivity contribution is 0.431. The van der Waals surface area contributed by atoms with Gasteiger partial charge < -0.3 is 10.5 Å². The standard InChI is InChI=1S/C10H7F2N3O/c11-7-2-1-6(5-8(7)12)16-10-14-4-3-9(13)15-10/h1-5H,(H2,13,14,15). The Bertz CT molecular complexity index is 519. The van der Waals surface area contributed by atoms with E-state index in [0.717, 1.165) is 12.1 Å². The minimum absolute atomic E-state index is 0.0222. The van der Waals surface area contributed by atoms with Gasteiger partial charge in [0.15, 0.2) is 11.6 Å². The van der Waals surface area contributed by atoms with Crippen molar-refractivity contribution in [1.82, 2.24) is 9.97 Å². The summed E-state index contributed by atoms with van der Waals surface area (Å²) in [5.41, 5.74) is 5.40. The van der Waals surface area contributed by atoms with Gasteiger partial charge >= 0.3 is 6.01 Å².